The molecule has 0 radical (unpaired) electrons. The predicted octanol–water partition coefficient (Wildman–Crippen LogP) is 5.28. The molecule has 0 aromatic heterocycles. The molecule has 2 aromatic carbocycles. The van der Waals surface area contributed by atoms with Crippen LogP contribution in [0.3, 0.4) is 0 Å². The van der Waals surface area contributed by atoms with Crippen LogP contribution in [0.2, 0.25) is 0 Å². The van der Waals surface area contributed by atoms with Gasteiger partial charge in [-0.25, -0.2) is 0 Å². The van der Waals surface area contributed by atoms with Crippen molar-refractivity contribution in [1.29, 1.82) is 0 Å². The quantitative estimate of drug-likeness (QED) is 0.530. The Morgan fingerprint density at radius 3 is 2.00 bits per heavy atom. The predicted molar refractivity (Wildman–Crippen MR) is 86.2 cm³/mol. The average molecular weight is 261 g/mol. The summed E-state index contributed by atoms with van der Waals surface area (Å²) in [5.74, 6) is 0. The van der Waals surface area contributed by atoms with E-state index in [9.17, 15) is 0 Å². The van der Waals surface area contributed by atoms with Crippen molar-refractivity contribution < 1.29 is 0 Å². The van der Waals surface area contributed by atoms with Gasteiger partial charge in [-0.05, 0) is 29.3 Å². The van der Waals surface area contributed by atoms with E-state index in [4.69, 9.17) is 5.73 Å². The summed E-state index contributed by atoms with van der Waals surface area (Å²) in [6.45, 7) is 8.00. The highest BCUT2D eigenvalue weighted by molar-refractivity contribution is 7.80. The van der Waals surface area contributed by atoms with E-state index >= 15 is 0 Å². The van der Waals surface area contributed by atoms with Crippen molar-refractivity contribution in [1.82, 2.24) is 0 Å². The highest BCUT2D eigenvalue weighted by Gasteiger charge is 2.00. The topological polar surface area (TPSA) is 26.0 Å². The number of benzene rings is 2. The Labute approximate surface area is 116 Å². The van der Waals surface area contributed by atoms with Gasteiger partial charge in [-0.2, -0.15) is 0 Å². The molecule has 0 saturated carbocycles. The minimum absolute atomic E-state index is 0.777. The first kappa shape index (κ1) is 16.6. The third-order valence-corrected chi connectivity index (χ3v) is 2.49. The molecule has 0 saturated heterocycles. The van der Waals surface area contributed by atoms with Crippen molar-refractivity contribution in [2.75, 3.05) is 5.73 Å². The maximum absolute atomic E-state index is 5.72. The molecule has 0 aliphatic heterocycles. The van der Waals surface area contributed by atoms with Crippen LogP contribution in [0.15, 0.2) is 53.4 Å². The second-order valence-electron chi connectivity index (χ2n) is 3.14. The zero-order chi connectivity index (χ0) is 14.0. The molecule has 0 atom stereocenters. The summed E-state index contributed by atoms with van der Waals surface area (Å²) in [6, 6.07) is 15.8. The Kier molecular flexibility index (Phi) is 8.85. The van der Waals surface area contributed by atoms with E-state index in [0.717, 1.165) is 21.7 Å². The molecule has 0 bridgehead atoms. The summed E-state index contributed by atoms with van der Waals surface area (Å²) in [5, 5.41) is 0. The van der Waals surface area contributed by atoms with Crippen molar-refractivity contribution in [3.8, 4) is 11.1 Å². The molecule has 2 aromatic rings. The Morgan fingerprint density at radius 2 is 1.44 bits per heavy atom. The minimum atomic E-state index is 0.777. The molecule has 0 aliphatic carbocycles. The summed E-state index contributed by atoms with van der Waals surface area (Å²) in [6.07, 6.45) is 0. The summed E-state index contributed by atoms with van der Waals surface area (Å²) in [7, 11) is 0. The first-order chi connectivity index (χ1) is 8.77. The summed E-state index contributed by atoms with van der Waals surface area (Å²) >= 11 is 4.40. The fraction of sp³-hybridized carbons (Fsp3) is 0.250. The van der Waals surface area contributed by atoms with Crippen LogP contribution in [-0.2, 0) is 0 Å². The Balaban J connectivity index is 0.000000659. The van der Waals surface area contributed by atoms with E-state index in [1.807, 2.05) is 76.2 Å². The lowest BCUT2D eigenvalue weighted by Crippen LogP contribution is -1.85. The molecule has 2 rings (SSSR count). The van der Waals surface area contributed by atoms with Crippen LogP contribution in [-0.4, -0.2) is 0 Å². The first-order valence-corrected chi connectivity index (χ1v) is 6.86. The molecular weight excluding hydrogens is 238 g/mol. The third-order valence-electron chi connectivity index (χ3n) is 2.10. The average Bonchev–Trinajstić information content (AvgIpc) is 2.44. The summed E-state index contributed by atoms with van der Waals surface area (Å²) in [4.78, 5) is 0.970. The smallest absolute Gasteiger partial charge is 0.0320 e. The number of hydrogen-bond acceptors (Lipinski definition) is 2. The van der Waals surface area contributed by atoms with Gasteiger partial charge in [0.2, 0.25) is 0 Å². The summed E-state index contributed by atoms with van der Waals surface area (Å²) < 4.78 is 0. The maximum atomic E-state index is 5.72. The minimum Gasteiger partial charge on any atom is -0.399 e. The van der Waals surface area contributed by atoms with Gasteiger partial charge in [-0.3, -0.25) is 0 Å². The summed E-state index contributed by atoms with van der Waals surface area (Å²) in [5.41, 5.74) is 8.72. The lowest BCUT2D eigenvalue weighted by Gasteiger charge is -2.05. The number of nitrogen functional groups attached to an aromatic ring is 1. The zero-order valence-electron chi connectivity index (χ0n) is 11.6. The SMILES string of the molecule is CC.CC.Nc1cccc(-c2ccccc2S)c1. The monoisotopic (exact) mass is 261 g/mol. The molecule has 1 nitrogen and oxygen atoms in total. The first-order valence-electron chi connectivity index (χ1n) is 6.41. The number of hydrogen-bond donors (Lipinski definition) is 2. The van der Waals surface area contributed by atoms with Crippen molar-refractivity contribution in [3.63, 3.8) is 0 Å². The molecule has 0 amide bonds. The molecule has 0 spiro atoms. The van der Waals surface area contributed by atoms with Crippen LogP contribution in [0.1, 0.15) is 27.7 Å². The Bertz CT molecular complexity index is 452. The molecule has 0 heterocycles. The Morgan fingerprint density at radius 1 is 0.833 bits per heavy atom. The molecule has 0 fully saturated rings. The van der Waals surface area contributed by atoms with Crippen molar-refractivity contribution in [2.24, 2.45) is 0 Å². The van der Waals surface area contributed by atoms with Crippen molar-refractivity contribution in [3.05, 3.63) is 48.5 Å². The van der Waals surface area contributed by atoms with Crippen LogP contribution < -0.4 is 5.73 Å². The van der Waals surface area contributed by atoms with Gasteiger partial charge in [0.15, 0.2) is 0 Å². The standard InChI is InChI=1S/C12H11NS.2C2H6/c13-10-5-3-4-9(8-10)11-6-1-2-7-12(11)14;2*1-2/h1-8,14H,13H2;2*1-2H3. The van der Waals surface area contributed by atoms with Crippen LogP contribution >= 0.6 is 12.6 Å². The third kappa shape index (κ3) is 4.84. The highest BCUT2D eigenvalue weighted by Crippen LogP contribution is 2.27. The lowest BCUT2D eigenvalue weighted by molar-refractivity contribution is 1.46. The number of anilines is 1. The van der Waals surface area contributed by atoms with E-state index < -0.39 is 0 Å². The van der Waals surface area contributed by atoms with Gasteiger partial charge in [0.1, 0.15) is 0 Å². The van der Waals surface area contributed by atoms with Crippen LogP contribution in [0.25, 0.3) is 11.1 Å². The van der Waals surface area contributed by atoms with Crippen LogP contribution in [0.4, 0.5) is 5.69 Å². The molecule has 2 N–H and O–H groups in total. The van der Waals surface area contributed by atoms with Gasteiger partial charge < -0.3 is 5.73 Å². The highest BCUT2D eigenvalue weighted by atomic mass is 32.1. The Hall–Kier alpha value is -1.41. The number of nitrogens with two attached hydrogens (primary N) is 1. The largest absolute Gasteiger partial charge is 0.399 e. The van der Waals surface area contributed by atoms with E-state index in [1.165, 1.54) is 0 Å². The fourth-order valence-corrected chi connectivity index (χ4v) is 1.71. The van der Waals surface area contributed by atoms with E-state index in [0.29, 0.717) is 0 Å². The van der Waals surface area contributed by atoms with Gasteiger partial charge in [0.25, 0.3) is 0 Å². The van der Waals surface area contributed by atoms with Crippen LogP contribution in [0, 0.1) is 0 Å². The molecule has 0 aliphatic rings. The van der Waals surface area contributed by atoms with Crippen LogP contribution in [0.5, 0.6) is 0 Å². The number of rotatable bonds is 1. The zero-order valence-corrected chi connectivity index (χ0v) is 12.5. The number of thiol groups is 1. The van der Waals surface area contributed by atoms with Gasteiger partial charge in [0, 0.05) is 10.6 Å². The van der Waals surface area contributed by atoms with Gasteiger partial charge >= 0.3 is 0 Å². The normalized spacial score (nSPS) is 8.50. The lowest BCUT2D eigenvalue weighted by atomic mass is 10.1. The van der Waals surface area contributed by atoms with E-state index in [-0.39, 0.29) is 0 Å². The van der Waals surface area contributed by atoms with Gasteiger partial charge in [-0.15, -0.1) is 12.6 Å². The van der Waals surface area contributed by atoms with Crippen molar-refractivity contribution in [2.45, 2.75) is 32.6 Å². The maximum Gasteiger partial charge on any atom is 0.0320 e. The molecule has 98 valence electrons. The fourth-order valence-electron chi connectivity index (χ4n) is 1.42. The second kappa shape index (κ2) is 9.60. The molecular formula is C16H23NS. The van der Waals surface area contributed by atoms with E-state index in [1.54, 1.807) is 0 Å². The van der Waals surface area contributed by atoms with Gasteiger partial charge in [0.05, 0.1) is 0 Å². The molecule has 0 unspecified atom stereocenters. The van der Waals surface area contributed by atoms with Gasteiger partial charge in [-0.1, -0.05) is 58.0 Å². The molecule has 18 heavy (non-hydrogen) atoms. The molecule has 2 heteroatoms. The second-order valence-corrected chi connectivity index (χ2v) is 3.62. The van der Waals surface area contributed by atoms with Crippen molar-refractivity contribution >= 4 is 18.3 Å². The van der Waals surface area contributed by atoms with E-state index in [2.05, 4.69) is 12.6 Å².